The van der Waals surface area contributed by atoms with Crippen molar-refractivity contribution in [3.05, 3.63) is 134 Å². The fourth-order valence-corrected chi connectivity index (χ4v) is 6.05. The number of unbranched alkanes of at least 4 members (excludes halogenated alkanes) is 5. The van der Waals surface area contributed by atoms with Gasteiger partial charge in [-0.3, -0.25) is 9.59 Å². The van der Waals surface area contributed by atoms with Crippen LogP contribution >= 0.6 is 0 Å². The Morgan fingerprint density at radius 2 is 0.859 bits per heavy atom. The average Bonchev–Trinajstić information content (AvgIpc) is 3.26. The lowest BCUT2D eigenvalue weighted by molar-refractivity contribution is -0.889. The first-order valence-electron chi connectivity index (χ1n) is 24.2. The molecule has 2 unspecified atom stereocenters. The van der Waals surface area contributed by atoms with E-state index in [2.05, 4.69) is 148 Å². The van der Waals surface area contributed by atoms with Crippen molar-refractivity contribution >= 4 is 17.9 Å². The maximum absolute atomic E-state index is 12.7. The Morgan fingerprint density at radius 3 is 1.23 bits per heavy atom. The molecule has 0 aliphatic rings. The van der Waals surface area contributed by atoms with Crippen molar-refractivity contribution in [1.29, 1.82) is 0 Å². The van der Waals surface area contributed by atoms with Crippen molar-refractivity contribution < 1.29 is 38.2 Å². The van der Waals surface area contributed by atoms with Gasteiger partial charge in [-0.2, -0.15) is 0 Å². The number of carboxylic acid groups (broad SMARTS) is 1. The number of allylic oxidation sites excluding steroid dienone is 22. The zero-order valence-electron chi connectivity index (χ0n) is 40.6. The summed E-state index contributed by atoms with van der Waals surface area (Å²) in [6, 6.07) is -0.753. The summed E-state index contributed by atoms with van der Waals surface area (Å²) in [7, 11) is 5.36. The van der Waals surface area contributed by atoms with Crippen LogP contribution in [0.4, 0.5) is 0 Å². The SMILES string of the molecule is CC/C=C/C/C=C/C/C=C/C/C=C/C/C=C/C/C=C/C/C=C/CCCC(=O)OCC(COCCC(C(=O)[O-])[N+](C)(C)C)OC(=O)CCC/C=C/C/C=C/C/C=C/C/C=C/CCCCC. The van der Waals surface area contributed by atoms with Crippen LogP contribution in [0, 0.1) is 0 Å². The fourth-order valence-electron chi connectivity index (χ4n) is 6.05. The van der Waals surface area contributed by atoms with E-state index in [0.717, 1.165) is 77.0 Å². The minimum Gasteiger partial charge on any atom is -0.544 e. The average molecular weight is 886 g/mol. The van der Waals surface area contributed by atoms with Gasteiger partial charge in [0.15, 0.2) is 6.10 Å². The van der Waals surface area contributed by atoms with Crippen LogP contribution in [-0.4, -0.2) is 75.5 Å². The molecule has 0 heterocycles. The van der Waals surface area contributed by atoms with Gasteiger partial charge in [0.2, 0.25) is 0 Å². The van der Waals surface area contributed by atoms with Crippen molar-refractivity contribution in [3.8, 4) is 0 Å². The van der Waals surface area contributed by atoms with Crippen molar-refractivity contribution in [2.24, 2.45) is 0 Å². The Kier molecular flexibility index (Phi) is 41.9. The zero-order valence-corrected chi connectivity index (χ0v) is 40.6. The second kappa shape index (κ2) is 45.1. The second-order valence-corrected chi connectivity index (χ2v) is 16.6. The molecule has 0 fully saturated rings. The van der Waals surface area contributed by atoms with E-state index in [9.17, 15) is 19.5 Å². The molecule has 8 nitrogen and oxygen atoms in total. The van der Waals surface area contributed by atoms with E-state index < -0.39 is 24.1 Å². The molecule has 0 amide bonds. The lowest BCUT2D eigenvalue weighted by atomic mass is 10.1. The monoisotopic (exact) mass is 886 g/mol. The minimum absolute atomic E-state index is 0.00948. The molecule has 0 N–H and O–H groups in total. The van der Waals surface area contributed by atoms with Crippen molar-refractivity contribution in [3.63, 3.8) is 0 Å². The normalized spacial score (nSPS) is 14.1. The summed E-state index contributed by atoms with van der Waals surface area (Å²) >= 11 is 0. The Labute approximate surface area is 390 Å². The summed E-state index contributed by atoms with van der Waals surface area (Å²) < 4.78 is 17.1. The number of carbonyl (C=O) groups is 3. The molecule has 0 bridgehead atoms. The summed E-state index contributed by atoms with van der Waals surface area (Å²) in [6.45, 7) is 4.37. The van der Waals surface area contributed by atoms with Crippen molar-refractivity contribution in [2.45, 2.75) is 161 Å². The Hall–Kier alpha value is -4.53. The van der Waals surface area contributed by atoms with Gasteiger partial charge in [-0.25, -0.2) is 0 Å². The van der Waals surface area contributed by atoms with Gasteiger partial charge in [0.25, 0.3) is 0 Å². The highest BCUT2D eigenvalue weighted by molar-refractivity contribution is 5.70. The highest BCUT2D eigenvalue weighted by Crippen LogP contribution is 2.10. The third-order valence-electron chi connectivity index (χ3n) is 9.77. The summed E-state index contributed by atoms with van der Waals surface area (Å²) in [6.07, 6.45) is 65.0. The lowest BCUT2D eigenvalue weighted by Crippen LogP contribution is -2.55. The Balaban J connectivity index is 4.51. The minimum atomic E-state index is -1.15. The first kappa shape index (κ1) is 59.5. The van der Waals surface area contributed by atoms with Gasteiger partial charge >= 0.3 is 11.9 Å². The van der Waals surface area contributed by atoms with Crippen LogP contribution < -0.4 is 5.11 Å². The number of esters is 2. The van der Waals surface area contributed by atoms with Gasteiger partial charge < -0.3 is 28.6 Å². The van der Waals surface area contributed by atoms with E-state index in [1.807, 2.05) is 0 Å². The molecule has 0 spiro atoms. The number of likely N-dealkylation sites (N-methyl/N-ethyl adjacent to an activating group) is 1. The molecule has 2 atom stereocenters. The van der Waals surface area contributed by atoms with Crippen LogP contribution in [0.15, 0.2) is 134 Å². The smallest absolute Gasteiger partial charge is 0.306 e. The molecule has 0 aromatic rings. The van der Waals surface area contributed by atoms with E-state index in [1.165, 1.54) is 25.7 Å². The summed E-state index contributed by atoms with van der Waals surface area (Å²) in [5.41, 5.74) is 0. The predicted octanol–water partition coefficient (Wildman–Crippen LogP) is 12.6. The number of carboxylic acids is 1. The largest absolute Gasteiger partial charge is 0.544 e. The van der Waals surface area contributed by atoms with E-state index >= 15 is 0 Å². The van der Waals surface area contributed by atoms with Crippen LogP contribution in [0.3, 0.4) is 0 Å². The maximum Gasteiger partial charge on any atom is 0.306 e. The number of quaternary nitrogens is 1. The zero-order chi connectivity index (χ0) is 47.0. The molecule has 8 heteroatoms. The number of nitrogens with zero attached hydrogens (tertiary/aromatic N) is 1. The first-order chi connectivity index (χ1) is 31.1. The quantitative estimate of drug-likeness (QED) is 0.0261. The number of hydrogen-bond donors (Lipinski definition) is 0. The number of hydrogen-bond acceptors (Lipinski definition) is 7. The highest BCUT2D eigenvalue weighted by atomic mass is 16.6. The third-order valence-corrected chi connectivity index (χ3v) is 9.77. The molecular weight excluding hydrogens is 799 g/mol. The van der Waals surface area contributed by atoms with Gasteiger partial charge in [0.1, 0.15) is 12.6 Å². The van der Waals surface area contributed by atoms with Gasteiger partial charge in [-0.15, -0.1) is 0 Å². The molecule has 0 aliphatic heterocycles. The molecule has 0 aromatic carbocycles. The topological polar surface area (TPSA) is 102 Å². The number of ether oxygens (including phenoxy) is 3. The second-order valence-electron chi connectivity index (χ2n) is 16.6. The van der Waals surface area contributed by atoms with Crippen LogP contribution in [0.25, 0.3) is 0 Å². The maximum atomic E-state index is 12.7. The van der Waals surface area contributed by atoms with E-state index in [0.29, 0.717) is 12.8 Å². The molecule has 64 heavy (non-hydrogen) atoms. The third kappa shape index (κ3) is 42.8. The number of carbonyl (C=O) groups excluding carboxylic acids is 3. The highest BCUT2D eigenvalue weighted by Gasteiger charge is 2.25. The fraction of sp³-hybridized carbons (Fsp3) is 0.554. The predicted molar refractivity (Wildman–Crippen MR) is 267 cm³/mol. The number of aliphatic carboxylic acids is 1. The van der Waals surface area contributed by atoms with Crippen LogP contribution in [-0.2, 0) is 28.6 Å². The molecule has 0 saturated carbocycles. The van der Waals surface area contributed by atoms with Crippen LogP contribution in [0.1, 0.15) is 149 Å². The molecule has 0 aliphatic carbocycles. The number of rotatable bonds is 41. The van der Waals surface area contributed by atoms with Crippen LogP contribution in [0.5, 0.6) is 0 Å². The van der Waals surface area contributed by atoms with Gasteiger partial charge in [-0.05, 0) is 103 Å². The van der Waals surface area contributed by atoms with Gasteiger partial charge in [-0.1, -0.05) is 160 Å². The molecule has 0 radical (unpaired) electrons. The molecule has 0 saturated heterocycles. The van der Waals surface area contributed by atoms with E-state index in [4.69, 9.17) is 14.2 Å². The molecule has 0 rings (SSSR count). The Morgan fingerprint density at radius 1 is 0.484 bits per heavy atom. The molecule has 358 valence electrons. The lowest BCUT2D eigenvalue weighted by Gasteiger charge is -2.34. The van der Waals surface area contributed by atoms with Gasteiger partial charge in [0, 0.05) is 19.3 Å². The summed E-state index contributed by atoms with van der Waals surface area (Å²) in [4.78, 5) is 36.9. The van der Waals surface area contributed by atoms with Gasteiger partial charge in [0.05, 0.1) is 40.3 Å². The summed E-state index contributed by atoms with van der Waals surface area (Å²) in [5, 5.41) is 11.6. The van der Waals surface area contributed by atoms with Crippen molar-refractivity contribution in [2.75, 3.05) is 41.0 Å². The van der Waals surface area contributed by atoms with Crippen LogP contribution in [0.2, 0.25) is 0 Å². The molecular formula is C56H87NO7. The standard InChI is InChI=1S/C56H87NO7/c1-6-8-10-12-14-16-18-20-22-24-25-26-27-28-29-31-32-34-36-38-40-42-44-46-54(58)63-51-52(50-62-49-48-53(56(60)61)57(3,4)5)64-55(59)47-45-43-41-39-37-35-33-30-23-21-19-17-15-13-11-9-7-2/h8,10,14-17,20-23,25-26,28-29,32-35,38-41,52-53H,6-7,9,11-13,18-19,24,27,30-31,36-37,42-51H2,1-5H3/b10-8+,16-14+,17-15+,22-20+,23-21+,26-25+,29-28+,34-32+,35-33+,40-38+,41-39+. The van der Waals surface area contributed by atoms with E-state index in [-0.39, 0.29) is 49.5 Å². The molecule has 0 aromatic heterocycles. The van der Waals surface area contributed by atoms with E-state index in [1.54, 1.807) is 21.1 Å². The van der Waals surface area contributed by atoms with Crippen molar-refractivity contribution in [1.82, 2.24) is 0 Å². The Bertz CT molecular complexity index is 1500. The summed E-state index contributed by atoms with van der Waals surface area (Å²) in [5.74, 6) is -1.91. The first-order valence-corrected chi connectivity index (χ1v) is 24.2.